The van der Waals surface area contributed by atoms with Crippen LogP contribution in [0.2, 0.25) is 0 Å². The minimum atomic E-state index is -1.11. The third-order valence-electron chi connectivity index (χ3n) is 2.83. The molecule has 0 saturated heterocycles. The number of carboxylic acids is 1. The molecule has 0 heterocycles. The highest BCUT2D eigenvalue weighted by atomic mass is 16.5. The Hall–Kier alpha value is -2.30. The molecule has 1 rings (SSSR count). The molecule has 5 nitrogen and oxygen atoms in total. The van der Waals surface area contributed by atoms with Crippen molar-refractivity contribution in [2.75, 3.05) is 12.4 Å². The Bertz CT molecular complexity index is 546. The van der Waals surface area contributed by atoms with Gasteiger partial charge in [-0.05, 0) is 38.5 Å². The lowest BCUT2D eigenvalue weighted by molar-refractivity contribution is -0.133. The molecule has 5 heteroatoms. The van der Waals surface area contributed by atoms with Gasteiger partial charge in [0.25, 0.3) is 5.91 Å². The minimum Gasteiger partial charge on any atom is -0.495 e. The summed E-state index contributed by atoms with van der Waals surface area (Å²) >= 11 is 0. The Morgan fingerprint density at radius 3 is 2.37 bits per heavy atom. The van der Waals surface area contributed by atoms with Gasteiger partial charge in [-0.15, -0.1) is 0 Å². The second-order valence-corrected chi connectivity index (χ2v) is 4.21. The molecular weight excluding hydrogens is 246 g/mol. The van der Waals surface area contributed by atoms with Gasteiger partial charge < -0.3 is 15.2 Å². The van der Waals surface area contributed by atoms with Crippen molar-refractivity contribution >= 4 is 17.6 Å². The van der Waals surface area contributed by atoms with Crippen molar-refractivity contribution in [2.45, 2.75) is 20.8 Å². The van der Waals surface area contributed by atoms with Crippen LogP contribution in [0.15, 0.2) is 29.3 Å². The molecule has 102 valence electrons. The fraction of sp³-hybridized carbons (Fsp3) is 0.286. The van der Waals surface area contributed by atoms with Crippen molar-refractivity contribution in [2.24, 2.45) is 0 Å². The number of benzene rings is 1. The van der Waals surface area contributed by atoms with Crippen molar-refractivity contribution in [1.82, 2.24) is 0 Å². The zero-order valence-corrected chi connectivity index (χ0v) is 11.4. The zero-order valence-electron chi connectivity index (χ0n) is 11.4. The highest BCUT2D eigenvalue weighted by Crippen LogP contribution is 2.25. The maximum atomic E-state index is 11.9. The average Bonchev–Trinajstić information content (AvgIpc) is 2.38. The SMILES string of the molecule is COc1cc(C)ccc1NC(=O)/C(C)=C(/C)C(=O)O. The fourth-order valence-corrected chi connectivity index (χ4v) is 1.45. The number of hydrogen-bond donors (Lipinski definition) is 2. The number of hydrogen-bond acceptors (Lipinski definition) is 3. The third kappa shape index (κ3) is 3.58. The molecule has 0 spiro atoms. The lowest BCUT2D eigenvalue weighted by Crippen LogP contribution is -2.16. The van der Waals surface area contributed by atoms with Crippen LogP contribution in [-0.4, -0.2) is 24.1 Å². The molecule has 19 heavy (non-hydrogen) atoms. The van der Waals surface area contributed by atoms with Gasteiger partial charge in [-0.25, -0.2) is 4.79 Å². The van der Waals surface area contributed by atoms with Crippen molar-refractivity contribution in [3.63, 3.8) is 0 Å². The zero-order chi connectivity index (χ0) is 14.6. The van der Waals surface area contributed by atoms with E-state index in [2.05, 4.69) is 5.32 Å². The summed E-state index contributed by atoms with van der Waals surface area (Å²) in [6.45, 7) is 4.77. The molecule has 1 amide bonds. The number of nitrogens with one attached hydrogen (secondary N) is 1. The van der Waals surface area contributed by atoms with Gasteiger partial charge in [0, 0.05) is 11.1 Å². The standard InChI is InChI=1S/C14H17NO4/c1-8-5-6-11(12(7-8)19-4)15-13(16)9(2)10(3)14(17)18/h5-7H,1-4H3,(H,15,16)(H,17,18)/b10-9-. The molecule has 0 bridgehead atoms. The lowest BCUT2D eigenvalue weighted by atomic mass is 10.1. The number of carboxylic acid groups (broad SMARTS) is 1. The van der Waals surface area contributed by atoms with E-state index in [0.717, 1.165) is 5.56 Å². The molecular formula is C14H17NO4. The van der Waals surface area contributed by atoms with E-state index in [1.54, 1.807) is 12.1 Å². The Labute approximate surface area is 111 Å². The smallest absolute Gasteiger partial charge is 0.331 e. The van der Waals surface area contributed by atoms with Crippen LogP contribution in [0.3, 0.4) is 0 Å². The largest absolute Gasteiger partial charge is 0.495 e. The van der Waals surface area contributed by atoms with Crippen LogP contribution in [-0.2, 0) is 9.59 Å². The molecule has 1 aromatic carbocycles. The lowest BCUT2D eigenvalue weighted by Gasteiger charge is -2.11. The maximum absolute atomic E-state index is 11.9. The van der Waals surface area contributed by atoms with E-state index in [4.69, 9.17) is 9.84 Å². The first-order chi connectivity index (χ1) is 8.86. The number of ether oxygens (including phenoxy) is 1. The van der Waals surface area contributed by atoms with E-state index in [1.165, 1.54) is 21.0 Å². The predicted octanol–water partition coefficient (Wildman–Crippen LogP) is 2.36. The number of rotatable bonds is 4. The molecule has 1 aromatic rings. The minimum absolute atomic E-state index is 0.0172. The molecule has 0 aliphatic rings. The summed E-state index contributed by atoms with van der Waals surface area (Å²) in [5, 5.41) is 11.5. The van der Waals surface area contributed by atoms with Gasteiger partial charge in [-0.1, -0.05) is 6.07 Å². The summed E-state index contributed by atoms with van der Waals surface area (Å²) < 4.78 is 5.17. The molecule has 0 atom stereocenters. The van der Waals surface area contributed by atoms with Gasteiger partial charge in [-0.3, -0.25) is 4.79 Å². The molecule has 0 aliphatic heterocycles. The van der Waals surface area contributed by atoms with Crippen LogP contribution in [0.25, 0.3) is 0 Å². The summed E-state index contributed by atoms with van der Waals surface area (Å²) in [5.74, 6) is -1.03. The Morgan fingerprint density at radius 2 is 1.84 bits per heavy atom. The average molecular weight is 263 g/mol. The number of methoxy groups -OCH3 is 1. The van der Waals surface area contributed by atoms with E-state index in [1.807, 2.05) is 13.0 Å². The van der Waals surface area contributed by atoms with Crippen molar-refractivity contribution < 1.29 is 19.4 Å². The first kappa shape index (κ1) is 14.8. The topological polar surface area (TPSA) is 75.6 Å². The van der Waals surface area contributed by atoms with Crippen LogP contribution in [0.5, 0.6) is 5.75 Å². The predicted molar refractivity (Wildman–Crippen MR) is 72.4 cm³/mol. The van der Waals surface area contributed by atoms with Crippen molar-refractivity contribution in [3.05, 3.63) is 34.9 Å². The third-order valence-corrected chi connectivity index (χ3v) is 2.83. The number of amides is 1. The van der Waals surface area contributed by atoms with E-state index in [0.29, 0.717) is 11.4 Å². The molecule has 0 saturated carbocycles. The number of carbonyl (C=O) groups is 2. The first-order valence-corrected chi connectivity index (χ1v) is 5.73. The van der Waals surface area contributed by atoms with Crippen LogP contribution in [0.4, 0.5) is 5.69 Å². The van der Waals surface area contributed by atoms with E-state index in [9.17, 15) is 9.59 Å². The van der Waals surface area contributed by atoms with Crippen molar-refractivity contribution in [1.29, 1.82) is 0 Å². The van der Waals surface area contributed by atoms with Crippen molar-refractivity contribution in [3.8, 4) is 5.75 Å². The highest BCUT2D eigenvalue weighted by molar-refractivity contribution is 6.08. The second-order valence-electron chi connectivity index (χ2n) is 4.21. The van der Waals surface area contributed by atoms with Gasteiger partial charge in [0.15, 0.2) is 0 Å². The quantitative estimate of drug-likeness (QED) is 0.818. The Kier molecular flexibility index (Phi) is 4.69. The van der Waals surface area contributed by atoms with E-state index < -0.39 is 11.9 Å². The number of carbonyl (C=O) groups excluding carboxylic acids is 1. The molecule has 0 unspecified atom stereocenters. The monoisotopic (exact) mass is 263 g/mol. The van der Waals surface area contributed by atoms with Gasteiger partial charge in [0.05, 0.1) is 12.8 Å². The second kappa shape index (κ2) is 6.04. The summed E-state index contributed by atoms with van der Waals surface area (Å²) in [4.78, 5) is 22.7. The van der Waals surface area contributed by atoms with Gasteiger partial charge >= 0.3 is 5.97 Å². The molecule has 0 fully saturated rings. The Morgan fingerprint density at radius 1 is 1.21 bits per heavy atom. The Balaban J connectivity index is 3.01. The molecule has 0 aliphatic carbocycles. The summed E-state index contributed by atoms with van der Waals surface area (Å²) in [6, 6.07) is 5.34. The molecule has 0 aromatic heterocycles. The number of aryl methyl sites for hydroxylation is 1. The normalized spacial score (nSPS) is 11.6. The van der Waals surface area contributed by atoms with Crippen LogP contribution in [0, 0.1) is 6.92 Å². The van der Waals surface area contributed by atoms with E-state index >= 15 is 0 Å². The number of aliphatic carboxylic acids is 1. The van der Waals surface area contributed by atoms with Gasteiger partial charge in [-0.2, -0.15) is 0 Å². The summed E-state index contributed by atoms with van der Waals surface area (Å²) in [6.07, 6.45) is 0. The van der Waals surface area contributed by atoms with Crippen LogP contribution >= 0.6 is 0 Å². The summed E-state index contributed by atoms with van der Waals surface area (Å²) in [7, 11) is 1.51. The molecule has 0 radical (unpaired) electrons. The van der Waals surface area contributed by atoms with Crippen LogP contribution < -0.4 is 10.1 Å². The van der Waals surface area contributed by atoms with E-state index in [-0.39, 0.29) is 11.1 Å². The van der Waals surface area contributed by atoms with Gasteiger partial charge in [0.1, 0.15) is 5.75 Å². The number of anilines is 1. The first-order valence-electron chi connectivity index (χ1n) is 5.73. The summed E-state index contributed by atoms with van der Waals surface area (Å²) in [5.41, 5.74) is 1.69. The van der Waals surface area contributed by atoms with Gasteiger partial charge in [0.2, 0.25) is 0 Å². The fourth-order valence-electron chi connectivity index (χ4n) is 1.45. The highest BCUT2D eigenvalue weighted by Gasteiger charge is 2.14. The maximum Gasteiger partial charge on any atom is 0.331 e. The molecule has 2 N–H and O–H groups in total. The van der Waals surface area contributed by atoms with Crippen LogP contribution in [0.1, 0.15) is 19.4 Å².